The highest BCUT2D eigenvalue weighted by molar-refractivity contribution is 7.89. The first-order chi connectivity index (χ1) is 11.3. The zero-order valence-electron chi connectivity index (χ0n) is 13.9. The maximum absolute atomic E-state index is 12.1. The zero-order valence-corrected chi connectivity index (χ0v) is 14.7. The van der Waals surface area contributed by atoms with Gasteiger partial charge in [0, 0.05) is 19.8 Å². The number of nitrogens with zero attached hydrogens (tertiary/aromatic N) is 2. The highest BCUT2D eigenvalue weighted by atomic mass is 32.2. The van der Waals surface area contributed by atoms with Gasteiger partial charge in [0.15, 0.2) is 0 Å². The molecule has 0 aliphatic rings. The van der Waals surface area contributed by atoms with E-state index in [2.05, 4.69) is 5.32 Å². The Hall–Kier alpha value is -2.16. The number of rotatable bonds is 7. The topological polar surface area (TPSA) is 82.9 Å². The van der Waals surface area contributed by atoms with Crippen LogP contribution in [0.15, 0.2) is 52.0 Å². The summed E-state index contributed by atoms with van der Waals surface area (Å²) in [5, 5.41) is 2.71. The molecule has 1 aromatic carbocycles. The standard InChI is InChI=1S/C16H21N3O4S/c1-18(2)24(21,22)15-8-4-6-13(10-15)17-16(20)12-19(3)11-14-7-5-9-23-14/h4-10H,11-12H2,1-3H3,(H,17,20). The maximum atomic E-state index is 12.1. The predicted octanol–water partition coefficient (Wildman–Crippen LogP) is 1.60. The van der Waals surface area contributed by atoms with Crippen molar-refractivity contribution in [2.45, 2.75) is 11.4 Å². The molecule has 130 valence electrons. The lowest BCUT2D eigenvalue weighted by molar-refractivity contribution is -0.117. The number of anilines is 1. The number of carbonyl (C=O) groups excluding carboxylic acids is 1. The van der Waals surface area contributed by atoms with E-state index < -0.39 is 10.0 Å². The van der Waals surface area contributed by atoms with Gasteiger partial charge in [-0.25, -0.2) is 12.7 Å². The molecule has 1 heterocycles. The molecule has 2 aromatic rings. The lowest BCUT2D eigenvalue weighted by Gasteiger charge is -2.16. The minimum atomic E-state index is -3.53. The van der Waals surface area contributed by atoms with Crippen molar-refractivity contribution < 1.29 is 17.6 Å². The number of sulfonamides is 1. The molecule has 0 fully saturated rings. The van der Waals surface area contributed by atoms with Crippen LogP contribution < -0.4 is 5.32 Å². The van der Waals surface area contributed by atoms with E-state index in [0.29, 0.717) is 12.2 Å². The molecular formula is C16H21N3O4S. The second-order valence-electron chi connectivity index (χ2n) is 5.62. The van der Waals surface area contributed by atoms with Gasteiger partial charge in [-0.15, -0.1) is 0 Å². The van der Waals surface area contributed by atoms with Crippen LogP contribution in [-0.4, -0.2) is 51.2 Å². The van der Waals surface area contributed by atoms with Gasteiger partial charge in [0.25, 0.3) is 0 Å². The Morgan fingerprint density at radius 2 is 1.92 bits per heavy atom. The monoisotopic (exact) mass is 351 g/mol. The molecule has 0 aliphatic heterocycles. The first-order valence-corrected chi connectivity index (χ1v) is 8.76. The summed E-state index contributed by atoms with van der Waals surface area (Å²) in [6.45, 7) is 0.667. The molecule has 1 amide bonds. The van der Waals surface area contributed by atoms with Gasteiger partial charge in [0.05, 0.1) is 24.2 Å². The molecule has 0 unspecified atom stereocenters. The van der Waals surface area contributed by atoms with E-state index >= 15 is 0 Å². The predicted molar refractivity (Wildman–Crippen MR) is 91.0 cm³/mol. The number of hydrogen-bond donors (Lipinski definition) is 1. The lowest BCUT2D eigenvalue weighted by Crippen LogP contribution is -2.29. The fraction of sp³-hybridized carbons (Fsp3) is 0.312. The zero-order chi connectivity index (χ0) is 17.7. The molecule has 0 saturated heterocycles. The third kappa shape index (κ3) is 4.67. The van der Waals surface area contributed by atoms with Gasteiger partial charge in [0.1, 0.15) is 5.76 Å². The van der Waals surface area contributed by atoms with Crippen LogP contribution in [-0.2, 0) is 21.4 Å². The van der Waals surface area contributed by atoms with Crippen molar-refractivity contribution in [2.75, 3.05) is 33.0 Å². The average Bonchev–Trinajstić information content (AvgIpc) is 2.99. The number of nitrogens with one attached hydrogen (secondary N) is 1. The van der Waals surface area contributed by atoms with E-state index in [-0.39, 0.29) is 17.3 Å². The van der Waals surface area contributed by atoms with Crippen LogP contribution in [0.2, 0.25) is 0 Å². The van der Waals surface area contributed by atoms with Gasteiger partial charge >= 0.3 is 0 Å². The second kappa shape index (κ2) is 7.61. The van der Waals surface area contributed by atoms with Crippen LogP contribution >= 0.6 is 0 Å². The third-order valence-corrected chi connectivity index (χ3v) is 5.13. The SMILES string of the molecule is CN(CC(=O)Nc1cccc(S(=O)(=O)N(C)C)c1)Cc1ccco1. The van der Waals surface area contributed by atoms with Crippen molar-refractivity contribution in [1.82, 2.24) is 9.21 Å². The van der Waals surface area contributed by atoms with E-state index in [0.717, 1.165) is 10.1 Å². The third-order valence-electron chi connectivity index (χ3n) is 3.32. The van der Waals surface area contributed by atoms with Crippen LogP contribution in [0.25, 0.3) is 0 Å². The minimum absolute atomic E-state index is 0.134. The lowest BCUT2D eigenvalue weighted by atomic mass is 10.3. The van der Waals surface area contributed by atoms with Crippen molar-refractivity contribution in [3.8, 4) is 0 Å². The minimum Gasteiger partial charge on any atom is -0.468 e. The van der Waals surface area contributed by atoms with Crippen molar-refractivity contribution in [1.29, 1.82) is 0 Å². The van der Waals surface area contributed by atoms with Crippen LogP contribution in [0, 0.1) is 0 Å². The Bertz CT molecular complexity index is 785. The molecule has 7 nitrogen and oxygen atoms in total. The maximum Gasteiger partial charge on any atom is 0.242 e. The molecular weight excluding hydrogens is 330 g/mol. The summed E-state index contributed by atoms with van der Waals surface area (Å²) in [5.74, 6) is 0.535. The first-order valence-electron chi connectivity index (χ1n) is 7.32. The Morgan fingerprint density at radius 1 is 1.17 bits per heavy atom. The molecule has 0 atom stereocenters. The van der Waals surface area contributed by atoms with Crippen LogP contribution in [0.3, 0.4) is 0 Å². The summed E-state index contributed by atoms with van der Waals surface area (Å²) in [5.41, 5.74) is 0.439. The number of benzene rings is 1. The average molecular weight is 351 g/mol. The number of amides is 1. The first kappa shape index (κ1) is 18.2. The Kier molecular flexibility index (Phi) is 5.76. The van der Waals surface area contributed by atoms with Crippen molar-refractivity contribution >= 4 is 21.6 Å². The molecule has 1 N–H and O–H groups in total. The highest BCUT2D eigenvalue weighted by Gasteiger charge is 2.17. The molecule has 8 heteroatoms. The second-order valence-corrected chi connectivity index (χ2v) is 7.77. The molecule has 0 spiro atoms. The smallest absolute Gasteiger partial charge is 0.242 e. The molecule has 0 bridgehead atoms. The van der Waals surface area contributed by atoms with Gasteiger partial charge in [-0.1, -0.05) is 6.07 Å². The van der Waals surface area contributed by atoms with E-state index in [1.54, 1.807) is 36.4 Å². The van der Waals surface area contributed by atoms with Crippen molar-refractivity contribution in [3.05, 3.63) is 48.4 Å². The number of likely N-dealkylation sites (N-methyl/N-ethyl adjacent to an activating group) is 1. The Morgan fingerprint density at radius 3 is 2.54 bits per heavy atom. The van der Waals surface area contributed by atoms with Gasteiger partial charge in [0.2, 0.25) is 15.9 Å². The van der Waals surface area contributed by atoms with Gasteiger partial charge in [-0.3, -0.25) is 9.69 Å². The number of furan rings is 1. The van der Waals surface area contributed by atoms with Crippen molar-refractivity contribution in [2.24, 2.45) is 0 Å². The summed E-state index contributed by atoms with van der Waals surface area (Å²) in [6.07, 6.45) is 1.58. The highest BCUT2D eigenvalue weighted by Crippen LogP contribution is 2.18. The summed E-state index contributed by atoms with van der Waals surface area (Å²) in [7, 11) is 1.19. The number of hydrogen-bond acceptors (Lipinski definition) is 5. The molecule has 0 saturated carbocycles. The van der Waals surface area contributed by atoms with Crippen LogP contribution in [0.4, 0.5) is 5.69 Å². The quantitative estimate of drug-likeness (QED) is 0.819. The van der Waals surface area contributed by atoms with Crippen LogP contribution in [0.1, 0.15) is 5.76 Å². The molecule has 24 heavy (non-hydrogen) atoms. The Labute approximate surface area is 141 Å². The molecule has 2 rings (SSSR count). The van der Waals surface area contributed by atoms with E-state index in [9.17, 15) is 13.2 Å². The van der Waals surface area contributed by atoms with E-state index in [1.807, 2.05) is 6.07 Å². The summed E-state index contributed by atoms with van der Waals surface area (Å²) in [6, 6.07) is 9.81. The van der Waals surface area contributed by atoms with Gasteiger partial charge in [-0.2, -0.15) is 0 Å². The largest absolute Gasteiger partial charge is 0.468 e. The van der Waals surface area contributed by atoms with Gasteiger partial charge < -0.3 is 9.73 Å². The van der Waals surface area contributed by atoms with E-state index in [4.69, 9.17) is 4.42 Å². The molecule has 0 aliphatic carbocycles. The number of carbonyl (C=O) groups is 1. The van der Waals surface area contributed by atoms with E-state index in [1.165, 1.54) is 26.2 Å². The summed E-state index contributed by atoms with van der Waals surface area (Å²) >= 11 is 0. The molecule has 0 radical (unpaired) electrons. The summed E-state index contributed by atoms with van der Waals surface area (Å²) < 4.78 is 30.6. The normalized spacial score (nSPS) is 11.9. The fourth-order valence-corrected chi connectivity index (χ4v) is 3.06. The van der Waals surface area contributed by atoms with Crippen LogP contribution in [0.5, 0.6) is 0 Å². The van der Waals surface area contributed by atoms with Crippen molar-refractivity contribution in [3.63, 3.8) is 0 Å². The van der Waals surface area contributed by atoms with Gasteiger partial charge in [-0.05, 0) is 37.4 Å². The summed E-state index contributed by atoms with van der Waals surface area (Å²) in [4.78, 5) is 14.0. The molecule has 1 aromatic heterocycles. The fourth-order valence-electron chi connectivity index (χ4n) is 2.12. The Balaban J connectivity index is 1.99.